The summed E-state index contributed by atoms with van der Waals surface area (Å²) in [6, 6.07) is 0.542. The van der Waals surface area contributed by atoms with Gasteiger partial charge in [-0.05, 0) is 32.6 Å². The number of amides is 1. The zero-order chi connectivity index (χ0) is 8.93. The van der Waals surface area contributed by atoms with Crippen molar-refractivity contribution >= 4 is 5.91 Å². The van der Waals surface area contributed by atoms with Crippen LogP contribution in [0.4, 0.5) is 0 Å². The number of carbonyl (C=O) groups is 1. The second kappa shape index (κ2) is 2.22. The van der Waals surface area contributed by atoms with Crippen LogP contribution in [-0.4, -0.2) is 28.9 Å². The van der Waals surface area contributed by atoms with Crippen molar-refractivity contribution in [1.82, 2.24) is 4.90 Å². The Morgan fingerprint density at radius 1 is 1.58 bits per heavy atom. The van der Waals surface area contributed by atoms with Crippen LogP contribution in [0.5, 0.6) is 0 Å². The number of likely N-dealkylation sites (tertiary alicyclic amines) is 1. The first-order valence-electron chi connectivity index (χ1n) is 4.60. The van der Waals surface area contributed by atoms with E-state index in [2.05, 4.69) is 0 Å². The van der Waals surface area contributed by atoms with Gasteiger partial charge in [0.15, 0.2) is 0 Å². The summed E-state index contributed by atoms with van der Waals surface area (Å²) in [6.07, 6.45) is 2.40. The Morgan fingerprint density at radius 3 is 2.58 bits per heavy atom. The molecule has 2 unspecified atom stereocenters. The number of rotatable bonds is 1. The molecule has 0 aromatic heterocycles. The Balaban J connectivity index is 2.05. The Labute approximate surface area is 72.9 Å². The summed E-state index contributed by atoms with van der Waals surface area (Å²) in [7, 11) is 0. The van der Waals surface area contributed by atoms with Gasteiger partial charge in [0.25, 0.3) is 0 Å². The maximum Gasteiger partial charge on any atom is 0.242 e. The van der Waals surface area contributed by atoms with Gasteiger partial charge in [-0.2, -0.15) is 0 Å². The highest BCUT2D eigenvalue weighted by Crippen LogP contribution is 2.44. The molecule has 3 heteroatoms. The van der Waals surface area contributed by atoms with Crippen LogP contribution in [0.2, 0.25) is 0 Å². The van der Waals surface area contributed by atoms with Gasteiger partial charge in [-0.1, -0.05) is 0 Å². The summed E-state index contributed by atoms with van der Waals surface area (Å²) in [5.74, 6) is 0.920. The summed E-state index contributed by atoms with van der Waals surface area (Å²) < 4.78 is 0. The van der Waals surface area contributed by atoms with Gasteiger partial charge in [0, 0.05) is 12.6 Å². The monoisotopic (exact) mass is 168 g/mol. The second-order valence-corrected chi connectivity index (χ2v) is 4.57. The van der Waals surface area contributed by atoms with Gasteiger partial charge in [0.1, 0.15) is 0 Å². The molecule has 1 heterocycles. The molecular formula is C9H16N2O. The lowest BCUT2D eigenvalue weighted by atomic mass is 10.1. The first-order valence-corrected chi connectivity index (χ1v) is 4.60. The quantitative estimate of drug-likeness (QED) is 0.614. The van der Waals surface area contributed by atoms with Gasteiger partial charge in [-0.25, -0.2) is 0 Å². The number of nitrogens with two attached hydrogens (primary N) is 1. The van der Waals surface area contributed by atoms with E-state index < -0.39 is 5.54 Å². The van der Waals surface area contributed by atoms with Crippen LogP contribution < -0.4 is 5.73 Å². The molecule has 12 heavy (non-hydrogen) atoms. The molecule has 2 fully saturated rings. The molecule has 1 saturated heterocycles. The van der Waals surface area contributed by atoms with Crippen molar-refractivity contribution in [2.75, 3.05) is 6.54 Å². The molecule has 1 saturated carbocycles. The molecule has 2 atom stereocenters. The minimum atomic E-state index is -0.683. The van der Waals surface area contributed by atoms with Crippen LogP contribution in [0, 0.1) is 5.92 Å². The molecule has 1 aliphatic heterocycles. The van der Waals surface area contributed by atoms with Crippen molar-refractivity contribution in [2.24, 2.45) is 11.7 Å². The number of nitrogens with zero attached hydrogens (tertiary/aromatic N) is 1. The maximum absolute atomic E-state index is 11.7. The molecule has 1 aliphatic carbocycles. The van der Waals surface area contributed by atoms with E-state index >= 15 is 0 Å². The molecule has 3 nitrogen and oxygen atoms in total. The fraction of sp³-hybridized carbons (Fsp3) is 0.889. The number of carbonyl (C=O) groups excluding carboxylic acids is 1. The lowest BCUT2D eigenvalue weighted by Crippen LogP contribution is -2.51. The van der Waals surface area contributed by atoms with E-state index in [1.165, 1.54) is 12.8 Å². The summed E-state index contributed by atoms with van der Waals surface area (Å²) in [6.45, 7) is 4.49. The lowest BCUT2D eigenvalue weighted by Gasteiger charge is -2.26. The Hall–Kier alpha value is -0.570. The third-order valence-electron chi connectivity index (χ3n) is 2.84. The molecule has 0 aromatic rings. The molecule has 68 valence electrons. The molecule has 0 radical (unpaired) electrons. The highest BCUT2D eigenvalue weighted by molar-refractivity contribution is 5.86. The van der Waals surface area contributed by atoms with E-state index in [0.29, 0.717) is 6.04 Å². The van der Waals surface area contributed by atoms with Gasteiger partial charge in [0.05, 0.1) is 5.54 Å². The number of fused-ring (bicyclic) bond motifs is 1. The highest BCUT2D eigenvalue weighted by atomic mass is 16.2. The molecule has 0 spiro atoms. The molecular weight excluding hydrogens is 152 g/mol. The summed E-state index contributed by atoms with van der Waals surface area (Å²) >= 11 is 0. The average molecular weight is 168 g/mol. The van der Waals surface area contributed by atoms with Crippen LogP contribution in [0.15, 0.2) is 0 Å². The van der Waals surface area contributed by atoms with E-state index in [0.717, 1.165) is 12.5 Å². The van der Waals surface area contributed by atoms with Crippen molar-refractivity contribution in [1.29, 1.82) is 0 Å². The molecule has 0 aromatic carbocycles. The fourth-order valence-electron chi connectivity index (χ4n) is 2.02. The van der Waals surface area contributed by atoms with Crippen LogP contribution >= 0.6 is 0 Å². The van der Waals surface area contributed by atoms with Crippen LogP contribution in [0.3, 0.4) is 0 Å². The maximum atomic E-state index is 11.7. The third kappa shape index (κ3) is 1.12. The summed E-state index contributed by atoms with van der Waals surface area (Å²) in [5.41, 5.74) is 5.07. The summed E-state index contributed by atoms with van der Waals surface area (Å²) in [4.78, 5) is 13.7. The van der Waals surface area contributed by atoms with Crippen LogP contribution in [-0.2, 0) is 4.79 Å². The van der Waals surface area contributed by atoms with Gasteiger partial charge >= 0.3 is 0 Å². The zero-order valence-electron chi connectivity index (χ0n) is 7.71. The second-order valence-electron chi connectivity index (χ2n) is 4.57. The van der Waals surface area contributed by atoms with E-state index in [1.807, 2.05) is 4.90 Å². The van der Waals surface area contributed by atoms with Gasteiger partial charge in [-0.3, -0.25) is 4.79 Å². The smallest absolute Gasteiger partial charge is 0.242 e. The van der Waals surface area contributed by atoms with E-state index in [4.69, 9.17) is 5.73 Å². The predicted molar refractivity (Wildman–Crippen MR) is 46.5 cm³/mol. The number of piperidine rings is 1. The Morgan fingerprint density at radius 2 is 2.25 bits per heavy atom. The molecule has 0 bridgehead atoms. The standard InChI is InChI=1S/C9H16N2O/c1-9(2,10)8(12)11-4-3-6-5-7(6)11/h6-7H,3-5,10H2,1-2H3. The van der Waals surface area contributed by atoms with Gasteiger partial charge in [0.2, 0.25) is 5.91 Å². The predicted octanol–water partition coefficient (Wildman–Crippen LogP) is 0.344. The van der Waals surface area contributed by atoms with Crippen LogP contribution in [0.25, 0.3) is 0 Å². The fourth-order valence-corrected chi connectivity index (χ4v) is 2.02. The van der Waals surface area contributed by atoms with E-state index in [9.17, 15) is 4.79 Å². The Bertz CT molecular complexity index is 219. The first kappa shape index (κ1) is 8.05. The van der Waals surface area contributed by atoms with Gasteiger partial charge < -0.3 is 10.6 Å². The average Bonchev–Trinajstić information content (AvgIpc) is 2.61. The third-order valence-corrected chi connectivity index (χ3v) is 2.84. The van der Waals surface area contributed by atoms with E-state index in [1.54, 1.807) is 13.8 Å². The van der Waals surface area contributed by atoms with E-state index in [-0.39, 0.29) is 5.91 Å². The van der Waals surface area contributed by atoms with Gasteiger partial charge in [-0.15, -0.1) is 0 Å². The normalized spacial score (nSPS) is 33.4. The van der Waals surface area contributed by atoms with Crippen LogP contribution in [0.1, 0.15) is 26.7 Å². The molecule has 2 N–H and O–H groups in total. The molecule has 1 amide bonds. The first-order chi connectivity index (χ1) is 5.50. The minimum Gasteiger partial charge on any atom is -0.338 e. The zero-order valence-corrected chi connectivity index (χ0v) is 7.71. The Kier molecular flexibility index (Phi) is 1.49. The van der Waals surface area contributed by atoms with Crippen molar-refractivity contribution in [3.05, 3.63) is 0 Å². The van der Waals surface area contributed by atoms with Crippen molar-refractivity contribution < 1.29 is 4.79 Å². The largest absolute Gasteiger partial charge is 0.338 e. The van der Waals surface area contributed by atoms with Crippen molar-refractivity contribution in [3.63, 3.8) is 0 Å². The van der Waals surface area contributed by atoms with Crippen molar-refractivity contribution in [2.45, 2.75) is 38.3 Å². The SMILES string of the molecule is CC(C)(N)C(=O)N1CCC2CC21. The number of hydrogen-bond donors (Lipinski definition) is 1. The number of hydrogen-bond acceptors (Lipinski definition) is 2. The highest BCUT2D eigenvalue weighted by Gasteiger charge is 2.50. The lowest BCUT2D eigenvalue weighted by molar-refractivity contribution is -0.135. The topological polar surface area (TPSA) is 46.3 Å². The van der Waals surface area contributed by atoms with Crippen molar-refractivity contribution in [3.8, 4) is 0 Å². The molecule has 2 rings (SSSR count). The molecule has 2 aliphatic rings. The summed E-state index contributed by atoms with van der Waals surface area (Å²) in [5, 5.41) is 0. The minimum absolute atomic E-state index is 0.118.